The SMILES string of the molecule is CCOC(=O)c1c(-c2ccccc2)csc1NC(=O)C(CC)Sc1cccc(NC(=O)c2ccco2)c1. The molecular formula is C28H26N2O5S2. The van der Waals surface area contributed by atoms with Gasteiger partial charge in [0.05, 0.1) is 18.1 Å². The van der Waals surface area contributed by atoms with Gasteiger partial charge in [-0.05, 0) is 49.2 Å². The highest BCUT2D eigenvalue weighted by Crippen LogP contribution is 2.37. The molecule has 0 bridgehead atoms. The Morgan fingerprint density at radius 3 is 2.51 bits per heavy atom. The molecule has 2 amide bonds. The highest BCUT2D eigenvalue weighted by molar-refractivity contribution is 8.00. The molecule has 2 aromatic heterocycles. The molecule has 0 fully saturated rings. The number of nitrogens with one attached hydrogen (secondary N) is 2. The number of hydrogen-bond donors (Lipinski definition) is 2. The van der Waals surface area contributed by atoms with Crippen LogP contribution in [0.4, 0.5) is 10.7 Å². The van der Waals surface area contributed by atoms with E-state index in [-0.39, 0.29) is 24.2 Å². The summed E-state index contributed by atoms with van der Waals surface area (Å²) in [6.45, 7) is 3.91. The Balaban J connectivity index is 1.50. The molecule has 190 valence electrons. The average Bonchev–Trinajstić information content (AvgIpc) is 3.59. The maximum atomic E-state index is 13.3. The molecule has 1 unspecified atom stereocenters. The third kappa shape index (κ3) is 6.49. The maximum Gasteiger partial charge on any atom is 0.341 e. The van der Waals surface area contributed by atoms with E-state index in [2.05, 4.69) is 10.6 Å². The first-order valence-corrected chi connectivity index (χ1v) is 13.5. The lowest BCUT2D eigenvalue weighted by molar-refractivity contribution is -0.115. The summed E-state index contributed by atoms with van der Waals surface area (Å²) in [4.78, 5) is 39.2. The average molecular weight is 535 g/mol. The van der Waals surface area contributed by atoms with E-state index in [0.717, 1.165) is 16.0 Å². The first-order valence-electron chi connectivity index (χ1n) is 11.8. The topological polar surface area (TPSA) is 97.6 Å². The summed E-state index contributed by atoms with van der Waals surface area (Å²) < 4.78 is 10.4. The second-order valence-electron chi connectivity index (χ2n) is 7.90. The van der Waals surface area contributed by atoms with Gasteiger partial charge in [-0.3, -0.25) is 9.59 Å². The second-order valence-corrected chi connectivity index (χ2v) is 10.1. The van der Waals surface area contributed by atoms with Crippen molar-refractivity contribution >= 4 is 51.6 Å². The zero-order valence-corrected chi connectivity index (χ0v) is 22.0. The fourth-order valence-electron chi connectivity index (χ4n) is 3.61. The second kappa shape index (κ2) is 12.4. The Labute approximate surface area is 223 Å². The van der Waals surface area contributed by atoms with E-state index in [4.69, 9.17) is 9.15 Å². The lowest BCUT2D eigenvalue weighted by Gasteiger charge is -2.16. The number of thiophene rings is 1. The molecule has 4 aromatic rings. The van der Waals surface area contributed by atoms with Crippen LogP contribution in [0.15, 0.2) is 87.7 Å². The minimum absolute atomic E-state index is 0.215. The fraction of sp³-hybridized carbons (Fsp3) is 0.179. The largest absolute Gasteiger partial charge is 0.462 e. The van der Waals surface area contributed by atoms with Gasteiger partial charge < -0.3 is 19.8 Å². The number of carbonyl (C=O) groups is 3. The molecule has 0 aliphatic carbocycles. The summed E-state index contributed by atoms with van der Waals surface area (Å²) in [5.74, 6) is -0.828. The van der Waals surface area contributed by atoms with Crippen LogP contribution in [0, 0.1) is 0 Å². The molecule has 1 atom stereocenters. The smallest absolute Gasteiger partial charge is 0.341 e. The number of carbonyl (C=O) groups excluding carboxylic acids is 3. The molecule has 2 aromatic carbocycles. The van der Waals surface area contributed by atoms with Crippen LogP contribution < -0.4 is 10.6 Å². The van der Waals surface area contributed by atoms with Crippen molar-refractivity contribution in [2.45, 2.75) is 30.4 Å². The summed E-state index contributed by atoms with van der Waals surface area (Å²) in [6, 6.07) is 20.0. The Hall–Kier alpha value is -3.82. The van der Waals surface area contributed by atoms with Crippen molar-refractivity contribution in [3.8, 4) is 11.1 Å². The molecular weight excluding hydrogens is 508 g/mol. The van der Waals surface area contributed by atoms with Crippen LogP contribution in [0.1, 0.15) is 41.2 Å². The number of esters is 1. The molecule has 0 aliphatic rings. The number of anilines is 2. The molecule has 2 heterocycles. The highest BCUT2D eigenvalue weighted by Gasteiger charge is 2.25. The Morgan fingerprint density at radius 1 is 1.00 bits per heavy atom. The monoisotopic (exact) mass is 534 g/mol. The van der Waals surface area contributed by atoms with Crippen LogP contribution >= 0.6 is 23.1 Å². The first-order chi connectivity index (χ1) is 18.0. The van der Waals surface area contributed by atoms with Crippen LogP contribution in [0.25, 0.3) is 11.1 Å². The summed E-state index contributed by atoms with van der Waals surface area (Å²) in [6.07, 6.45) is 2.00. The standard InChI is InChI=1S/C28H26N2O5S2/c1-3-23(37-20-13-8-12-19(16-20)29-25(31)22-14-9-15-35-22)26(32)30-27-24(28(33)34-4-2)21(17-36-27)18-10-6-5-7-11-18/h5-17,23H,3-4H2,1-2H3,(H,29,31)(H,30,32). The van der Waals surface area contributed by atoms with Crippen LogP contribution in [0.2, 0.25) is 0 Å². The number of hydrogen-bond acceptors (Lipinski definition) is 7. The summed E-state index contributed by atoms with van der Waals surface area (Å²) in [5, 5.41) is 7.65. The molecule has 2 N–H and O–H groups in total. The van der Waals surface area contributed by atoms with E-state index in [1.807, 2.05) is 60.8 Å². The minimum Gasteiger partial charge on any atom is -0.462 e. The number of benzene rings is 2. The molecule has 9 heteroatoms. The van der Waals surface area contributed by atoms with Gasteiger partial charge in [-0.2, -0.15) is 0 Å². The first kappa shape index (κ1) is 26.2. The van der Waals surface area contributed by atoms with Gasteiger partial charge in [0.15, 0.2) is 5.76 Å². The Bertz CT molecular complexity index is 1370. The van der Waals surface area contributed by atoms with Crippen molar-refractivity contribution in [2.24, 2.45) is 0 Å². The van der Waals surface area contributed by atoms with Crippen molar-refractivity contribution in [1.82, 2.24) is 0 Å². The van der Waals surface area contributed by atoms with E-state index in [0.29, 0.717) is 22.7 Å². The summed E-state index contributed by atoms with van der Waals surface area (Å²) in [7, 11) is 0. The van der Waals surface area contributed by atoms with Gasteiger partial charge in [-0.1, -0.05) is 43.3 Å². The van der Waals surface area contributed by atoms with Crippen LogP contribution in [-0.4, -0.2) is 29.6 Å². The third-order valence-electron chi connectivity index (χ3n) is 5.37. The van der Waals surface area contributed by atoms with Gasteiger partial charge in [-0.15, -0.1) is 23.1 Å². The van der Waals surface area contributed by atoms with Crippen LogP contribution in [-0.2, 0) is 9.53 Å². The minimum atomic E-state index is -0.474. The third-order valence-corrected chi connectivity index (χ3v) is 7.62. The maximum absolute atomic E-state index is 13.3. The lowest BCUT2D eigenvalue weighted by Crippen LogP contribution is -2.25. The highest BCUT2D eigenvalue weighted by atomic mass is 32.2. The number of ether oxygens (including phenoxy) is 1. The molecule has 37 heavy (non-hydrogen) atoms. The van der Waals surface area contributed by atoms with E-state index in [9.17, 15) is 14.4 Å². The van der Waals surface area contributed by atoms with Crippen molar-refractivity contribution in [1.29, 1.82) is 0 Å². The zero-order valence-electron chi connectivity index (χ0n) is 20.4. The summed E-state index contributed by atoms with van der Waals surface area (Å²) >= 11 is 2.68. The van der Waals surface area contributed by atoms with Crippen molar-refractivity contribution in [3.05, 3.63) is 89.7 Å². The van der Waals surface area contributed by atoms with Gasteiger partial charge in [0, 0.05) is 21.5 Å². The van der Waals surface area contributed by atoms with E-state index < -0.39 is 11.2 Å². The van der Waals surface area contributed by atoms with Gasteiger partial charge in [-0.25, -0.2) is 4.79 Å². The van der Waals surface area contributed by atoms with E-state index >= 15 is 0 Å². The quantitative estimate of drug-likeness (QED) is 0.169. The van der Waals surface area contributed by atoms with Crippen molar-refractivity contribution < 1.29 is 23.5 Å². The van der Waals surface area contributed by atoms with E-state index in [1.54, 1.807) is 25.1 Å². The van der Waals surface area contributed by atoms with Crippen LogP contribution in [0.3, 0.4) is 0 Å². The lowest BCUT2D eigenvalue weighted by atomic mass is 10.0. The number of thioether (sulfide) groups is 1. The Morgan fingerprint density at radius 2 is 1.81 bits per heavy atom. The van der Waals surface area contributed by atoms with E-state index in [1.165, 1.54) is 29.4 Å². The molecule has 0 radical (unpaired) electrons. The number of amides is 2. The molecule has 0 saturated carbocycles. The zero-order chi connectivity index (χ0) is 26.2. The predicted octanol–water partition coefficient (Wildman–Crippen LogP) is 6.95. The fourth-order valence-corrected chi connectivity index (χ4v) is 5.59. The van der Waals surface area contributed by atoms with Gasteiger partial charge in [0.2, 0.25) is 5.91 Å². The van der Waals surface area contributed by atoms with Gasteiger partial charge in [0.1, 0.15) is 10.6 Å². The molecule has 4 rings (SSSR count). The predicted molar refractivity (Wildman–Crippen MR) is 147 cm³/mol. The number of furan rings is 1. The van der Waals surface area contributed by atoms with Crippen molar-refractivity contribution in [2.75, 3.05) is 17.2 Å². The van der Waals surface area contributed by atoms with Gasteiger partial charge >= 0.3 is 5.97 Å². The molecule has 0 saturated heterocycles. The summed E-state index contributed by atoms with van der Waals surface area (Å²) in [5.41, 5.74) is 2.54. The normalized spacial score (nSPS) is 11.5. The molecule has 7 nitrogen and oxygen atoms in total. The van der Waals surface area contributed by atoms with Crippen molar-refractivity contribution in [3.63, 3.8) is 0 Å². The molecule has 0 spiro atoms. The van der Waals surface area contributed by atoms with Crippen LogP contribution in [0.5, 0.6) is 0 Å². The molecule has 0 aliphatic heterocycles. The Kier molecular flexibility index (Phi) is 8.81. The number of rotatable bonds is 10. The van der Waals surface area contributed by atoms with Gasteiger partial charge in [0.25, 0.3) is 5.91 Å².